The summed E-state index contributed by atoms with van der Waals surface area (Å²) in [6.45, 7) is 1.17. The molecule has 3 aromatic rings. The van der Waals surface area contributed by atoms with E-state index >= 15 is 0 Å². The van der Waals surface area contributed by atoms with E-state index in [2.05, 4.69) is 28.1 Å². The largest absolute Gasteiger partial charge is 0.370 e. The number of aromatic nitrogens is 3. The highest BCUT2D eigenvalue weighted by Crippen LogP contribution is 2.39. The Bertz CT molecular complexity index is 1130. The molecule has 0 amide bonds. The molecule has 0 radical (unpaired) electrons. The first-order valence-corrected chi connectivity index (χ1v) is 9.77. The number of morpholine rings is 1. The third-order valence-corrected chi connectivity index (χ3v) is 5.87. The Morgan fingerprint density at radius 1 is 1.24 bits per heavy atom. The number of halogens is 1. The molecule has 1 aromatic carbocycles. The Balaban J connectivity index is 1.59. The molecule has 148 valence electrons. The zero-order chi connectivity index (χ0) is 20.0. The summed E-state index contributed by atoms with van der Waals surface area (Å²) >= 11 is 0. The topological polar surface area (TPSA) is 60.2 Å². The summed E-state index contributed by atoms with van der Waals surface area (Å²) in [5.41, 5.74) is 2.89. The summed E-state index contributed by atoms with van der Waals surface area (Å²) in [5.74, 6) is 0.0482. The van der Waals surface area contributed by atoms with Crippen molar-refractivity contribution in [3.63, 3.8) is 0 Å². The van der Waals surface area contributed by atoms with Crippen molar-refractivity contribution in [2.75, 3.05) is 18.1 Å². The van der Waals surface area contributed by atoms with Crippen LogP contribution in [-0.4, -0.2) is 33.7 Å². The van der Waals surface area contributed by atoms with Crippen LogP contribution in [0.1, 0.15) is 23.7 Å². The van der Waals surface area contributed by atoms with Crippen LogP contribution in [-0.2, 0) is 18.2 Å². The van der Waals surface area contributed by atoms with Gasteiger partial charge in [-0.15, -0.1) is 0 Å². The molecule has 0 bridgehead atoms. The monoisotopic (exact) mass is 392 g/mol. The van der Waals surface area contributed by atoms with Crippen LogP contribution in [0.25, 0.3) is 11.3 Å². The fourth-order valence-electron chi connectivity index (χ4n) is 4.42. The average molecular weight is 392 g/mol. The van der Waals surface area contributed by atoms with Gasteiger partial charge in [0.2, 0.25) is 5.95 Å². The molecule has 0 unspecified atom stereocenters. The Hall–Kier alpha value is -3.06. The molecule has 1 fully saturated rings. The predicted octanol–water partition coefficient (Wildman–Crippen LogP) is 2.87. The number of hydrogen-bond acceptors (Lipinski definition) is 5. The molecule has 2 aromatic heterocycles. The van der Waals surface area contributed by atoms with Gasteiger partial charge in [-0.25, -0.2) is 9.37 Å². The minimum Gasteiger partial charge on any atom is -0.370 e. The third-order valence-electron chi connectivity index (χ3n) is 5.87. The molecule has 0 spiro atoms. The van der Waals surface area contributed by atoms with Gasteiger partial charge in [0.1, 0.15) is 6.10 Å². The van der Waals surface area contributed by atoms with Gasteiger partial charge in [-0.3, -0.25) is 14.3 Å². The number of rotatable bonds is 2. The Kier molecular flexibility index (Phi) is 4.39. The van der Waals surface area contributed by atoms with E-state index in [1.54, 1.807) is 13.1 Å². The molecule has 3 heterocycles. The Morgan fingerprint density at radius 3 is 2.97 bits per heavy atom. The quantitative estimate of drug-likeness (QED) is 0.671. The number of aryl methyl sites for hydroxylation is 1. The summed E-state index contributed by atoms with van der Waals surface area (Å²) in [5, 5.41) is 0. The van der Waals surface area contributed by atoms with E-state index in [0.29, 0.717) is 24.8 Å². The van der Waals surface area contributed by atoms with Gasteiger partial charge in [-0.05, 0) is 30.0 Å². The average Bonchev–Trinajstić information content (AvgIpc) is 2.75. The fourth-order valence-corrected chi connectivity index (χ4v) is 4.42. The highest BCUT2D eigenvalue weighted by atomic mass is 19.1. The SMILES string of the molecule is Cn1c(N2CCO[C@@H]3c4ccccc4CC[C@H]32)nc(-c2ccncc2F)cc1=O. The second-order valence-corrected chi connectivity index (χ2v) is 7.48. The number of pyridine rings is 1. The molecule has 5 rings (SSSR count). The molecular formula is C22H21FN4O2. The van der Waals surface area contributed by atoms with Crippen molar-refractivity contribution in [2.45, 2.75) is 25.0 Å². The van der Waals surface area contributed by atoms with Crippen molar-refractivity contribution in [1.29, 1.82) is 0 Å². The minimum atomic E-state index is -0.495. The van der Waals surface area contributed by atoms with E-state index in [1.807, 2.05) is 6.07 Å². The maximum atomic E-state index is 14.3. The highest BCUT2D eigenvalue weighted by Gasteiger charge is 2.38. The lowest BCUT2D eigenvalue weighted by molar-refractivity contribution is 0.00176. The standard InChI is InChI=1S/C22H21FN4O2/c1-26-20(28)12-18(16-8-9-24-13-17(16)23)25-22(26)27-10-11-29-21-15-5-3-2-4-14(15)6-7-19(21)27/h2-5,8-9,12-13,19,21H,6-7,10-11H2,1H3/t19-,21-/m1/s1. The lowest BCUT2D eigenvalue weighted by Crippen LogP contribution is -2.51. The molecule has 6 nitrogen and oxygen atoms in total. The van der Waals surface area contributed by atoms with E-state index in [9.17, 15) is 9.18 Å². The number of nitrogens with zero attached hydrogens (tertiary/aromatic N) is 4. The zero-order valence-corrected chi connectivity index (χ0v) is 16.1. The second-order valence-electron chi connectivity index (χ2n) is 7.48. The van der Waals surface area contributed by atoms with Crippen molar-refractivity contribution in [3.8, 4) is 11.3 Å². The maximum absolute atomic E-state index is 14.3. The molecule has 1 aliphatic heterocycles. The number of benzene rings is 1. The fraction of sp³-hybridized carbons (Fsp3) is 0.318. The molecule has 7 heteroatoms. The minimum absolute atomic E-state index is 0.0630. The second kappa shape index (κ2) is 7.08. The molecular weight excluding hydrogens is 371 g/mol. The smallest absolute Gasteiger partial charge is 0.255 e. The first-order chi connectivity index (χ1) is 14.1. The lowest BCUT2D eigenvalue weighted by Gasteiger charge is -2.45. The van der Waals surface area contributed by atoms with Crippen LogP contribution in [0.5, 0.6) is 0 Å². The number of hydrogen-bond donors (Lipinski definition) is 0. The van der Waals surface area contributed by atoms with E-state index < -0.39 is 5.82 Å². The number of fused-ring (bicyclic) bond motifs is 3. The Morgan fingerprint density at radius 2 is 2.10 bits per heavy atom. The first kappa shape index (κ1) is 18.0. The van der Waals surface area contributed by atoms with Gasteiger partial charge in [0.05, 0.1) is 24.5 Å². The molecule has 1 saturated heterocycles. The Labute approximate surface area is 167 Å². The van der Waals surface area contributed by atoms with E-state index in [-0.39, 0.29) is 23.3 Å². The van der Waals surface area contributed by atoms with Crippen molar-refractivity contribution in [2.24, 2.45) is 7.05 Å². The van der Waals surface area contributed by atoms with E-state index in [1.165, 1.54) is 28.0 Å². The normalized spacial score (nSPS) is 20.8. The first-order valence-electron chi connectivity index (χ1n) is 9.77. The van der Waals surface area contributed by atoms with E-state index in [4.69, 9.17) is 9.72 Å². The van der Waals surface area contributed by atoms with Crippen LogP contribution < -0.4 is 10.5 Å². The summed E-state index contributed by atoms with van der Waals surface area (Å²) in [6.07, 6.45) is 4.43. The van der Waals surface area contributed by atoms with Crippen molar-refractivity contribution in [3.05, 3.63) is 76.1 Å². The van der Waals surface area contributed by atoms with Crippen LogP contribution in [0.3, 0.4) is 0 Å². The molecule has 1 aliphatic carbocycles. The third kappa shape index (κ3) is 3.02. The van der Waals surface area contributed by atoms with Gasteiger partial charge in [-0.1, -0.05) is 24.3 Å². The molecule has 0 N–H and O–H groups in total. The molecule has 29 heavy (non-hydrogen) atoms. The predicted molar refractivity (Wildman–Crippen MR) is 107 cm³/mol. The van der Waals surface area contributed by atoms with Gasteiger partial charge < -0.3 is 9.64 Å². The van der Waals surface area contributed by atoms with Crippen LogP contribution in [0.2, 0.25) is 0 Å². The number of ether oxygens (including phenoxy) is 1. The molecule has 2 aliphatic rings. The van der Waals surface area contributed by atoms with Gasteiger partial charge >= 0.3 is 0 Å². The lowest BCUT2D eigenvalue weighted by atomic mass is 9.84. The molecule has 2 atom stereocenters. The van der Waals surface area contributed by atoms with Crippen LogP contribution in [0, 0.1) is 5.82 Å². The van der Waals surface area contributed by atoms with Gasteiger partial charge in [0, 0.05) is 31.4 Å². The summed E-state index contributed by atoms with van der Waals surface area (Å²) in [7, 11) is 1.71. The van der Waals surface area contributed by atoms with Crippen LogP contribution >= 0.6 is 0 Å². The van der Waals surface area contributed by atoms with Gasteiger partial charge in [-0.2, -0.15) is 0 Å². The zero-order valence-electron chi connectivity index (χ0n) is 16.1. The highest BCUT2D eigenvalue weighted by molar-refractivity contribution is 5.60. The van der Waals surface area contributed by atoms with Crippen LogP contribution in [0.4, 0.5) is 10.3 Å². The van der Waals surface area contributed by atoms with Gasteiger partial charge in [0.25, 0.3) is 5.56 Å². The number of anilines is 1. The summed E-state index contributed by atoms with van der Waals surface area (Å²) < 4.78 is 21.9. The molecule has 0 saturated carbocycles. The van der Waals surface area contributed by atoms with E-state index in [0.717, 1.165) is 19.0 Å². The van der Waals surface area contributed by atoms with Crippen LogP contribution in [0.15, 0.2) is 53.6 Å². The maximum Gasteiger partial charge on any atom is 0.255 e. The summed E-state index contributed by atoms with van der Waals surface area (Å²) in [6, 6.07) is 11.3. The summed E-state index contributed by atoms with van der Waals surface area (Å²) in [4.78, 5) is 23.3. The van der Waals surface area contributed by atoms with Crippen molar-refractivity contribution >= 4 is 5.95 Å². The van der Waals surface area contributed by atoms with Gasteiger partial charge in [0.15, 0.2) is 5.82 Å². The van der Waals surface area contributed by atoms with Crippen molar-refractivity contribution in [1.82, 2.24) is 14.5 Å². The van der Waals surface area contributed by atoms with Crippen molar-refractivity contribution < 1.29 is 9.13 Å².